The van der Waals surface area contributed by atoms with Gasteiger partial charge in [-0.15, -0.1) is 12.4 Å². The Hall–Kier alpha value is -0.990. The Labute approximate surface area is 134 Å². The van der Waals surface area contributed by atoms with Crippen molar-refractivity contribution < 1.29 is 0 Å². The van der Waals surface area contributed by atoms with Crippen molar-refractivity contribution in [1.82, 2.24) is 9.88 Å². The maximum absolute atomic E-state index is 3.80. The molecule has 3 rings (SSSR count). The summed E-state index contributed by atoms with van der Waals surface area (Å²) in [6, 6.07) is 9.42. The average molecular weight is 307 g/mol. The highest BCUT2D eigenvalue weighted by Crippen LogP contribution is 2.21. The van der Waals surface area contributed by atoms with Crippen molar-refractivity contribution in [2.45, 2.75) is 57.5 Å². The Morgan fingerprint density at radius 1 is 1.05 bits per heavy atom. The van der Waals surface area contributed by atoms with Crippen molar-refractivity contribution >= 4 is 23.3 Å². The van der Waals surface area contributed by atoms with Crippen LogP contribution in [0.2, 0.25) is 0 Å². The van der Waals surface area contributed by atoms with Gasteiger partial charge in [-0.3, -0.25) is 0 Å². The Balaban J connectivity index is 0.00000161. The second-order valence-corrected chi connectivity index (χ2v) is 6.21. The molecule has 1 aliphatic carbocycles. The molecular formula is C18H27ClN2. The highest BCUT2D eigenvalue weighted by atomic mass is 35.5. The fraction of sp³-hybridized carbons (Fsp3) is 0.556. The van der Waals surface area contributed by atoms with Crippen molar-refractivity contribution in [3.63, 3.8) is 0 Å². The van der Waals surface area contributed by atoms with Gasteiger partial charge < -0.3 is 9.88 Å². The van der Waals surface area contributed by atoms with E-state index >= 15 is 0 Å². The zero-order valence-corrected chi connectivity index (χ0v) is 13.8. The van der Waals surface area contributed by atoms with E-state index in [1.165, 1.54) is 61.4 Å². The van der Waals surface area contributed by atoms with Gasteiger partial charge in [0.25, 0.3) is 0 Å². The van der Waals surface area contributed by atoms with Gasteiger partial charge in [0.05, 0.1) is 0 Å². The number of nitrogens with zero attached hydrogens (tertiary/aromatic N) is 1. The second kappa shape index (κ2) is 7.86. The van der Waals surface area contributed by atoms with Crippen LogP contribution in [0.3, 0.4) is 0 Å². The van der Waals surface area contributed by atoms with Gasteiger partial charge in [0.1, 0.15) is 0 Å². The van der Waals surface area contributed by atoms with Crippen LogP contribution in [0.1, 0.15) is 50.5 Å². The summed E-state index contributed by atoms with van der Waals surface area (Å²) in [4.78, 5) is 0. The second-order valence-electron chi connectivity index (χ2n) is 6.21. The van der Waals surface area contributed by atoms with E-state index in [9.17, 15) is 0 Å². The van der Waals surface area contributed by atoms with Crippen molar-refractivity contribution in [2.75, 3.05) is 0 Å². The monoisotopic (exact) mass is 306 g/mol. The summed E-state index contributed by atoms with van der Waals surface area (Å²) in [6.07, 6.45) is 12.1. The normalized spacial score (nSPS) is 17.2. The lowest BCUT2D eigenvalue weighted by Gasteiger charge is -2.21. The van der Waals surface area contributed by atoms with E-state index in [1.54, 1.807) is 0 Å². The standard InChI is InChI=1S/C18H26N2.ClH/c1-20-14-15(17-11-7-8-12-18(17)20)13-19-16-9-5-3-2-4-6-10-16;/h7-8,11-12,14,16,19H,2-6,9-10,13H2,1H3;1H. The Bertz CT molecular complexity index is 553. The van der Waals surface area contributed by atoms with Crippen LogP contribution in [-0.4, -0.2) is 10.6 Å². The van der Waals surface area contributed by atoms with E-state index in [1.807, 2.05) is 0 Å². The van der Waals surface area contributed by atoms with Gasteiger partial charge in [-0.1, -0.05) is 50.3 Å². The predicted molar refractivity (Wildman–Crippen MR) is 93.1 cm³/mol. The summed E-state index contributed by atoms with van der Waals surface area (Å²) in [5.41, 5.74) is 2.77. The molecule has 0 bridgehead atoms. The molecule has 1 fully saturated rings. The van der Waals surface area contributed by atoms with E-state index in [0.29, 0.717) is 6.04 Å². The molecule has 3 heteroatoms. The molecule has 1 N–H and O–H groups in total. The van der Waals surface area contributed by atoms with Gasteiger partial charge in [0.2, 0.25) is 0 Å². The molecule has 0 radical (unpaired) electrons. The third kappa shape index (κ3) is 4.02. The van der Waals surface area contributed by atoms with Crippen molar-refractivity contribution in [3.05, 3.63) is 36.0 Å². The van der Waals surface area contributed by atoms with Gasteiger partial charge in [-0.05, 0) is 24.5 Å². The van der Waals surface area contributed by atoms with E-state index in [2.05, 4.69) is 47.4 Å². The molecule has 0 spiro atoms. The fourth-order valence-electron chi connectivity index (χ4n) is 3.48. The molecule has 0 unspecified atom stereocenters. The minimum Gasteiger partial charge on any atom is -0.350 e. The Morgan fingerprint density at radius 3 is 2.48 bits per heavy atom. The SMILES string of the molecule is Cl.Cn1cc(CNC2CCCCCCC2)c2ccccc21. The summed E-state index contributed by atoms with van der Waals surface area (Å²) in [5, 5.41) is 5.19. The van der Waals surface area contributed by atoms with Crippen LogP contribution in [0.15, 0.2) is 30.5 Å². The molecule has 1 aromatic carbocycles. The average Bonchev–Trinajstić information content (AvgIpc) is 2.75. The number of para-hydroxylation sites is 1. The van der Waals surface area contributed by atoms with Gasteiger partial charge >= 0.3 is 0 Å². The lowest BCUT2D eigenvalue weighted by atomic mass is 9.96. The smallest absolute Gasteiger partial charge is 0.0481 e. The largest absolute Gasteiger partial charge is 0.350 e. The molecule has 1 aromatic heterocycles. The summed E-state index contributed by atoms with van der Waals surface area (Å²) < 4.78 is 2.24. The van der Waals surface area contributed by atoms with Gasteiger partial charge in [0.15, 0.2) is 0 Å². The quantitative estimate of drug-likeness (QED) is 0.861. The maximum atomic E-state index is 3.80. The number of benzene rings is 1. The van der Waals surface area contributed by atoms with E-state index in [4.69, 9.17) is 0 Å². The van der Waals surface area contributed by atoms with Crippen LogP contribution in [0.5, 0.6) is 0 Å². The first-order valence-electron chi connectivity index (χ1n) is 8.11. The minimum absolute atomic E-state index is 0. The van der Waals surface area contributed by atoms with E-state index in [-0.39, 0.29) is 12.4 Å². The molecule has 0 aliphatic heterocycles. The van der Waals surface area contributed by atoms with Crippen molar-refractivity contribution in [3.8, 4) is 0 Å². The van der Waals surface area contributed by atoms with Crippen LogP contribution >= 0.6 is 12.4 Å². The van der Waals surface area contributed by atoms with Crippen LogP contribution in [0, 0.1) is 0 Å². The van der Waals surface area contributed by atoms with Crippen LogP contribution in [0.4, 0.5) is 0 Å². The van der Waals surface area contributed by atoms with Crippen LogP contribution < -0.4 is 5.32 Å². The number of fused-ring (bicyclic) bond motifs is 1. The Kier molecular flexibility index (Phi) is 6.13. The van der Waals surface area contributed by atoms with E-state index in [0.717, 1.165) is 6.54 Å². The zero-order valence-electron chi connectivity index (χ0n) is 13.0. The minimum atomic E-state index is 0. The summed E-state index contributed by atoms with van der Waals surface area (Å²) >= 11 is 0. The third-order valence-corrected chi connectivity index (χ3v) is 4.67. The highest BCUT2D eigenvalue weighted by molar-refractivity contribution is 5.85. The zero-order chi connectivity index (χ0) is 13.8. The molecule has 0 saturated heterocycles. The number of hydrogen-bond donors (Lipinski definition) is 1. The number of hydrogen-bond acceptors (Lipinski definition) is 1. The predicted octanol–water partition coefficient (Wildman–Crippen LogP) is 4.80. The van der Waals surface area contributed by atoms with E-state index < -0.39 is 0 Å². The molecule has 2 nitrogen and oxygen atoms in total. The molecular weight excluding hydrogens is 280 g/mol. The lowest BCUT2D eigenvalue weighted by Crippen LogP contribution is -2.29. The summed E-state index contributed by atoms with van der Waals surface area (Å²) in [7, 11) is 2.14. The third-order valence-electron chi connectivity index (χ3n) is 4.67. The molecule has 116 valence electrons. The molecule has 0 amide bonds. The van der Waals surface area contributed by atoms with Crippen molar-refractivity contribution in [1.29, 1.82) is 0 Å². The first-order valence-corrected chi connectivity index (χ1v) is 8.11. The van der Waals surface area contributed by atoms with Gasteiger partial charge in [-0.2, -0.15) is 0 Å². The molecule has 2 aromatic rings. The Morgan fingerprint density at radius 2 is 1.71 bits per heavy atom. The van der Waals surface area contributed by atoms with Crippen molar-refractivity contribution in [2.24, 2.45) is 7.05 Å². The maximum Gasteiger partial charge on any atom is 0.0481 e. The highest BCUT2D eigenvalue weighted by Gasteiger charge is 2.12. The first-order chi connectivity index (χ1) is 9.84. The molecule has 1 aliphatic rings. The van der Waals surface area contributed by atoms with Gasteiger partial charge in [0, 0.05) is 36.7 Å². The number of nitrogens with one attached hydrogen (secondary N) is 1. The summed E-state index contributed by atoms with van der Waals surface area (Å²) in [6.45, 7) is 1.01. The van der Waals surface area contributed by atoms with Gasteiger partial charge in [-0.25, -0.2) is 0 Å². The number of halogens is 1. The van der Waals surface area contributed by atoms with Crippen LogP contribution in [0.25, 0.3) is 10.9 Å². The lowest BCUT2D eigenvalue weighted by molar-refractivity contribution is 0.389. The number of aryl methyl sites for hydroxylation is 1. The molecule has 1 heterocycles. The van der Waals surface area contributed by atoms with Crippen LogP contribution in [-0.2, 0) is 13.6 Å². The number of rotatable bonds is 3. The number of aromatic nitrogens is 1. The first kappa shape index (κ1) is 16.4. The topological polar surface area (TPSA) is 17.0 Å². The molecule has 1 saturated carbocycles. The molecule has 21 heavy (non-hydrogen) atoms. The fourth-order valence-corrected chi connectivity index (χ4v) is 3.48. The molecule has 0 atom stereocenters. The summed E-state index contributed by atoms with van der Waals surface area (Å²) in [5.74, 6) is 0.